The maximum absolute atomic E-state index is 11.1. The SMILES string of the molecule is CCCCC=CCC=CCC=CCC=CCCCCC(=O)OCC. The number of carbonyl (C=O) groups excluding carboxylic acids is 1. The zero-order valence-corrected chi connectivity index (χ0v) is 15.7. The molecule has 0 atom stereocenters. The summed E-state index contributed by atoms with van der Waals surface area (Å²) in [7, 11) is 0. The van der Waals surface area contributed by atoms with Crippen molar-refractivity contribution >= 4 is 5.97 Å². The van der Waals surface area contributed by atoms with Gasteiger partial charge in [-0.15, -0.1) is 0 Å². The lowest BCUT2D eigenvalue weighted by molar-refractivity contribution is -0.143. The lowest BCUT2D eigenvalue weighted by atomic mass is 10.2. The van der Waals surface area contributed by atoms with Gasteiger partial charge in [0.15, 0.2) is 0 Å². The van der Waals surface area contributed by atoms with E-state index < -0.39 is 0 Å². The van der Waals surface area contributed by atoms with Gasteiger partial charge in [0.1, 0.15) is 0 Å². The van der Waals surface area contributed by atoms with Crippen LogP contribution in [0.4, 0.5) is 0 Å². The molecular weight excluding hydrogens is 296 g/mol. The smallest absolute Gasteiger partial charge is 0.305 e. The average molecular weight is 333 g/mol. The molecule has 0 heterocycles. The van der Waals surface area contributed by atoms with Gasteiger partial charge < -0.3 is 4.74 Å². The number of ether oxygens (including phenoxy) is 1. The van der Waals surface area contributed by atoms with Gasteiger partial charge in [0, 0.05) is 6.42 Å². The Bertz CT molecular complexity index is 389. The fraction of sp³-hybridized carbons (Fsp3) is 0.591. The zero-order valence-electron chi connectivity index (χ0n) is 15.7. The molecule has 0 rings (SSSR count). The van der Waals surface area contributed by atoms with Crippen molar-refractivity contribution in [1.29, 1.82) is 0 Å². The summed E-state index contributed by atoms with van der Waals surface area (Å²) >= 11 is 0. The van der Waals surface area contributed by atoms with Gasteiger partial charge in [0.25, 0.3) is 0 Å². The Hall–Kier alpha value is -1.57. The van der Waals surface area contributed by atoms with Crippen LogP contribution in [0.1, 0.15) is 78.1 Å². The Kier molecular flexibility index (Phi) is 18.2. The van der Waals surface area contributed by atoms with Gasteiger partial charge in [-0.2, -0.15) is 0 Å². The molecule has 0 radical (unpaired) electrons. The number of esters is 1. The van der Waals surface area contributed by atoms with Crippen molar-refractivity contribution in [2.24, 2.45) is 0 Å². The fourth-order valence-corrected chi connectivity index (χ4v) is 2.14. The molecule has 0 aromatic rings. The quantitative estimate of drug-likeness (QED) is 0.189. The van der Waals surface area contributed by atoms with Crippen LogP contribution in [0, 0.1) is 0 Å². The highest BCUT2D eigenvalue weighted by Gasteiger charge is 1.99. The summed E-state index contributed by atoms with van der Waals surface area (Å²) in [6, 6.07) is 0. The van der Waals surface area contributed by atoms with Crippen LogP contribution in [0.2, 0.25) is 0 Å². The van der Waals surface area contributed by atoms with Crippen LogP contribution in [0.15, 0.2) is 48.6 Å². The molecule has 2 nitrogen and oxygen atoms in total. The van der Waals surface area contributed by atoms with Gasteiger partial charge in [-0.1, -0.05) is 68.4 Å². The molecule has 0 aromatic carbocycles. The Balaban J connectivity index is 3.42. The van der Waals surface area contributed by atoms with Crippen molar-refractivity contribution in [3.8, 4) is 0 Å². The molecule has 0 aromatic heterocycles. The van der Waals surface area contributed by atoms with Gasteiger partial charge >= 0.3 is 5.97 Å². The first kappa shape index (κ1) is 22.4. The standard InChI is InChI=1S/C22H36O2/c1-3-5-6-7-8-9-10-11-12-13-14-15-16-17-18-19-20-21-22(23)24-4-2/h7-8,10-11,13-14,16-17H,3-6,9,12,15,18-21H2,1-2H3. The first-order chi connectivity index (χ1) is 11.8. The minimum absolute atomic E-state index is 0.0751. The van der Waals surface area contributed by atoms with E-state index in [-0.39, 0.29) is 5.97 Å². The third-order valence-electron chi connectivity index (χ3n) is 3.51. The van der Waals surface area contributed by atoms with Gasteiger partial charge in [0.2, 0.25) is 0 Å². The second-order valence-electron chi connectivity index (χ2n) is 5.79. The molecule has 0 aliphatic heterocycles. The number of carbonyl (C=O) groups is 1. The van der Waals surface area contributed by atoms with Gasteiger partial charge in [-0.25, -0.2) is 0 Å². The predicted molar refractivity (Wildman–Crippen MR) is 105 cm³/mol. The third-order valence-corrected chi connectivity index (χ3v) is 3.51. The maximum atomic E-state index is 11.1. The average Bonchev–Trinajstić information content (AvgIpc) is 2.58. The van der Waals surface area contributed by atoms with Crippen molar-refractivity contribution < 1.29 is 9.53 Å². The number of rotatable bonds is 15. The highest BCUT2D eigenvalue weighted by molar-refractivity contribution is 5.69. The highest BCUT2D eigenvalue weighted by Crippen LogP contribution is 2.03. The highest BCUT2D eigenvalue weighted by atomic mass is 16.5. The van der Waals surface area contributed by atoms with E-state index in [1.165, 1.54) is 19.3 Å². The summed E-state index contributed by atoms with van der Waals surface area (Å²) in [5.74, 6) is -0.0751. The van der Waals surface area contributed by atoms with E-state index in [4.69, 9.17) is 4.74 Å². The Labute approximate surface area is 149 Å². The first-order valence-corrected chi connectivity index (χ1v) is 9.56. The molecule has 0 unspecified atom stereocenters. The largest absolute Gasteiger partial charge is 0.466 e. The van der Waals surface area contributed by atoms with Gasteiger partial charge in [0.05, 0.1) is 6.61 Å². The van der Waals surface area contributed by atoms with Crippen molar-refractivity contribution in [1.82, 2.24) is 0 Å². The number of hydrogen-bond donors (Lipinski definition) is 0. The predicted octanol–water partition coefficient (Wildman–Crippen LogP) is 6.70. The monoisotopic (exact) mass is 332 g/mol. The summed E-state index contributed by atoms with van der Waals surface area (Å²) < 4.78 is 4.90. The van der Waals surface area contributed by atoms with Crippen LogP contribution < -0.4 is 0 Å². The van der Waals surface area contributed by atoms with E-state index in [1.54, 1.807) is 0 Å². The fourth-order valence-electron chi connectivity index (χ4n) is 2.14. The lowest BCUT2D eigenvalue weighted by Gasteiger charge is -1.99. The number of hydrogen-bond acceptors (Lipinski definition) is 2. The van der Waals surface area contributed by atoms with Crippen LogP contribution in [0.3, 0.4) is 0 Å². The first-order valence-electron chi connectivity index (χ1n) is 9.56. The van der Waals surface area contributed by atoms with Crippen LogP contribution in [0.5, 0.6) is 0 Å². The molecule has 2 heteroatoms. The van der Waals surface area contributed by atoms with Crippen LogP contribution in [-0.2, 0) is 9.53 Å². The molecule has 24 heavy (non-hydrogen) atoms. The zero-order chi connectivity index (χ0) is 17.7. The van der Waals surface area contributed by atoms with Gasteiger partial charge in [-0.3, -0.25) is 4.79 Å². The van der Waals surface area contributed by atoms with Crippen LogP contribution in [-0.4, -0.2) is 12.6 Å². The Morgan fingerprint density at radius 3 is 1.71 bits per heavy atom. The summed E-state index contributed by atoms with van der Waals surface area (Å²) in [5, 5.41) is 0. The minimum atomic E-state index is -0.0751. The third kappa shape index (κ3) is 18.5. The van der Waals surface area contributed by atoms with E-state index in [0.717, 1.165) is 38.5 Å². The van der Waals surface area contributed by atoms with Crippen molar-refractivity contribution in [3.05, 3.63) is 48.6 Å². The summed E-state index contributed by atoms with van der Waals surface area (Å²) in [6.07, 6.45) is 28.2. The molecule has 0 saturated carbocycles. The number of unbranched alkanes of at least 4 members (excludes halogenated alkanes) is 4. The summed E-state index contributed by atoms with van der Waals surface area (Å²) in [6.45, 7) is 4.55. The molecule has 0 fully saturated rings. The topological polar surface area (TPSA) is 26.3 Å². The van der Waals surface area contributed by atoms with E-state index in [0.29, 0.717) is 13.0 Å². The molecule has 0 spiro atoms. The summed E-state index contributed by atoms with van der Waals surface area (Å²) in [4.78, 5) is 11.1. The van der Waals surface area contributed by atoms with E-state index in [2.05, 4.69) is 55.5 Å². The van der Waals surface area contributed by atoms with Crippen molar-refractivity contribution in [3.63, 3.8) is 0 Å². The Morgan fingerprint density at radius 1 is 0.708 bits per heavy atom. The van der Waals surface area contributed by atoms with Crippen molar-refractivity contribution in [2.45, 2.75) is 78.1 Å². The molecule has 0 amide bonds. The Morgan fingerprint density at radius 2 is 1.21 bits per heavy atom. The molecule has 0 saturated heterocycles. The molecule has 0 N–H and O–H groups in total. The van der Waals surface area contributed by atoms with E-state index in [1.807, 2.05) is 6.92 Å². The minimum Gasteiger partial charge on any atom is -0.466 e. The lowest BCUT2D eigenvalue weighted by Crippen LogP contribution is -2.02. The second kappa shape index (κ2) is 19.5. The second-order valence-corrected chi connectivity index (χ2v) is 5.79. The number of allylic oxidation sites excluding steroid dienone is 8. The summed E-state index contributed by atoms with van der Waals surface area (Å²) in [5.41, 5.74) is 0. The molecule has 0 aliphatic carbocycles. The van der Waals surface area contributed by atoms with Gasteiger partial charge in [-0.05, 0) is 51.9 Å². The molecule has 136 valence electrons. The van der Waals surface area contributed by atoms with Crippen LogP contribution >= 0.6 is 0 Å². The maximum Gasteiger partial charge on any atom is 0.305 e. The van der Waals surface area contributed by atoms with E-state index >= 15 is 0 Å². The van der Waals surface area contributed by atoms with Crippen LogP contribution in [0.25, 0.3) is 0 Å². The molecule has 0 bridgehead atoms. The van der Waals surface area contributed by atoms with E-state index in [9.17, 15) is 4.79 Å². The molecule has 0 aliphatic rings. The normalized spacial score (nSPS) is 12.2. The molecular formula is C22H36O2. The van der Waals surface area contributed by atoms with Crippen molar-refractivity contribution in [2.75, 3.05) is 6.61 Å².